The maximum Gasteiger partial charge on any atom is 0.328 e. The largest absolute Gasteiger partial charge is 0.480 e. The average molecular weight is 246 g/mol. The van der Waals surface area contributed by atoms with Crippen molar-refractivity contribution in [1.29, 1.82) is 0 Å². The van der Waals surface area contributed by atoms with E-state index in [1.165, 1.54) is 6.92 Å². The van der Waals surface area contributed by atoms with Crippen LogP contribution in [0.4, 0.5) is 0 Å². The number of carboxylic acid groups (broad SMARTS) is 1. The molecule has 17 heavy (non-hydrogen) atoms. The molecule has 0 aromatic carbocycles. The molecule has 0 bridgehead atoms. The minimum absolute atomic E-state index is 0.145. The molecule has 0 saturated carbocycles. The number of nitrogens with two attached hydrogens (primary N) is 1. The van der Waals surface area contributed by atoms with Crippen LogP contribution in [0, 0.1) is 5.41 Å². The summed E-state index contributed by atoms with van der Waals surface area (Å²) < 4.78 is 5.10. The van der Waals surface area contributed by atoms with E-state index >= 15 is 0 Å². The normalized spacial score (nSPS) is 31.9. The Morgan fingerprint density at radius 1 is 1.59 bits per heavy atom. The highest BCUT2D eigenvalue weighted by atomic mass is 16.5. The summed E-state index contributed by atoms with van der Waals surface area (Å²) in [6, 6.07) is -1.82. The molecular weight excluding hydrogens is 228 g/mol. The summed E-state index contributed by atoms with van der Waals surface area (Å²) >= 11 is 0. The summed E-state index contributed by atoms with van der Waals surface area (Å²) in [6.45, 7) is 3.32. The highest BCUT2D eigenvalue weighted by molar-refractivity contribution is 5.88. The van der Waals surface area contributed by atoms with Crippen LogP contribution in [0.25, 0.3) is 0 Å². The lowest BCUT2D eigenvalue weighted by molar-refractivity contribution is -0.146. The fraction of sp³-hybridized carbons (Fsp3) is 0.800. The van der Waals surface area contributed by atoms with E-state index in [0.717, 1.165) is 0 Å². The lowest BCUT2D eigenvalue weighted by atomic mass is 9.84. The van der Waals surface area contributed by atoms with Crippen molar-refractivity contribution in [3.63, 3.8) is 0 Å². The third-order valence-corrected chi connectivity index (χ3v) is 3.07. The van der Waals surface area contributed by atoms with Crippen molar-refractivity contribution < 1.29 is 24.5 Å². The molecule has 1 aliphatic rings. The van der Waals surface area contributed by atoms with Gasteiger partial charge in [-0.15, -0.1) is 0 Å². The Labute approximate surface area is 98.9 Å². The van der Waals surface area contributed by atoms with E-state index in [4.69, 9.17) is 15.6 Å². The van der Waals surface area contributed by atoms with Gasteiger partial charge >= 0.3 is 5.97 Å². The molecule has 0 radical (unpaired) electrons. The third-order valence-electron chi connectivity index (χ3n) is 3.07. The topological polar surface area (TPSA) is 122 Å². The van der Waals surface area contributed by atoms with Gasteiger partial charge in [0.15, 0.2) is 6.04 Å². The van der Waals surface area contributed by atoms with Crippen LogP contribution in [0.2, 0.25) is 0 Å². The van der Waals surface area contributed by atoms with Crippen LogP contribution in [0.1, 0.15) is 13.8 Å². The highest BCUT2D eigenvalue weighted by Gasteiger charge is 2.45. The van der Waals surface area contributed by atoms with Gasteiger partial charge in [-0.1, -0.05) is 0 Å². The minimum Gasteiger partial charge on any atom is -0.480 e. The molecule has 7 heteroatoms. The second kappa shape index (κ2) is 4.99. The number of nitrogens with one attached hydrogen (secondary N) is 1. The quantitative estimate of drug-likeness (QED) is 0.469. The summed E-state index contributed by atoms with van der Waals surface area (Å²) in [5, 5.41) is 20.4. The molecule has 0 aromatic rings. The zero-order chi connectivity index (χ0) is 13.2. The Kier molecular flexibility index (Phi) is 4.07. The first-order chi connectivity index (χ1) is 7.79. The van der Waals surface area contributed by atoms with Crippen molar-refractivity contribution in [3.8, 4) is 0 Å². The average Bonchev–Trinajstić information content (AvgIpc) is 2.55. The molecule has 5 N–H and O–H groups in total. The fourth-order valence-corrected chi connectivity index (χ4v) is 1.62. The van der Waals surface area contributed by atoms with Crippen LogP contribution in [0.5, 0.6) is 0 Å². The summed E-state index contributed by atoms with van der Waals surface area (Å²) in [5.74, 6) is -1.81. The van der Waals surface area contributed by atoms with Crippen molar-refractivity contribution in [2.24, 2.45) is 11.1 Å². The Bertz CT molecular complexity index is 320. The molecular formula is C10H18N2O5. The fourth-order valence-electron chi connectivity index (χ4n) is 1.62. The molecule has 4 atom stereocenters. The Morgan fingerprint density at radius 3 is 2.53 bits per heavy atom. The van der Waals surface area contributed by atoms with Crippen LogP contribution in [0.3, 0.4) is 0 Å². The molecule has 0 aromatic heterocycles. The van der Waals surface area contributed by atoms with Gasteiger partial charge in [0.2, 0.25) is 5.91 Å². The van der Waals surface area contributed by atoms with E-state index < -0.39 is 35.5 Å². The second-order valence-corrected chi connectivity index (χ2v) is 4.57. The summed E-state index contributed by atoms with van der Waals surface area (Å²) in [4.78, 5) is 22.8. The van der Waals surface area contributed by atoms with Crippen molar-refractivity contribution in [3.05, 3.63) is 0 Å². The van der Waals surface area contributed by atoms with Crippen molar-refractivity contribution in [1.82, 2.24) is 5.32 Å². The lowest BCUT2D eigenvalue weighted by Crippen LogP contribution is -2.56. The van der Waals surface area contributed by atoms with E-state index in [9.17, 15) is 14.7 Å². The summed E-state index contributed by atoms with van der Waals surface area (Å²) in [6.07, 6.45) is -1.18. The standard InChI is InChI=1S/C10H18N2O5/c1-5(13)7(8(14)15)12-9(16)10(2)4-17-3-6(10)11/h5-7,13H,3-4,11H2,1-2H3,(H,12,16)(H,14,15). The SMILES string of the molecule is CC(O)C(NC(=O)C1(C)COCC1N)C(=O)O. The third kappa shape index (κ3) is 2.74. The summed E-state index contributed by atoms with van der Waals surface area (Å²) in [5.41, 5.74) is 4.79. The lowest BCUT2D eigenvalue weighted by Gasteiger charge is -2.28. The van der Waals surface area contributed by atoms with Gasteiger partial charge in [0.05, 0.1) is 24.7 Å². The number of aliphatic carboxylic acids is 1. The van der Waals surface area contributed by atoms with Crippen LogP contribution in [-0.4, -0.2) is 53.5 Å². The second-order valence-electron chi connectivity index (χ2n) is 4.57. The first-order valence-corrected chi connectivity index (χ1v) is 5.34. The molecule has 98 valence electrons. The number of aliphatic hydroxyl groups is 1. The molecule has 1 aliphatic heterocycles. The first-order valence-electron chi connectivity index (χ1n) is 5.34. The van der Waals surface area contributed by atoms with Gasteiger partial charge in [-0.25, -0.2) is 4.79 Å². The number of carboxylic acids is 1. The van der Waals surface area contributed by atoms with Gasteiger partial charge in [-0.2, -0.15) is 0 Å². The maximum absolute atomic E-state index is 12.0. The van der Waals surface area contributed by atoms with E-state index in [2.05, 4.69) is 5.32 Å². The van der Waals surface area contributed by atoms with Crippen LogP contribution >= 0.6 is 0 Å². The number of amides is 1. The molecule has 0 spiro atoms. The molecule has 7 nitrogen and oxygen atoms in total. The van der Waals surface area contributed by atoms with Crippen molar-refractivity contribution in [2.45, 2.75) is 32.0 Å². The van der Waals surface area contributed by atoms with E-state index in [0.29, 0.717) is 0 Å². The van der Waals surface area contributed by atoms with Crippen LogP contribution < -0.4 is 11.1 Å². The number of hydrogen-bond acceptors (Lipinski definition) is 5. The number of hydrogen-bond donors (Lipinski definition) is 4. The Morgan fingerprint density at radius 2 is 2.18 bits per heavy atom. The number of rotatable bonds is 4. The molecule has 1 fully saturated rings. The zero-order valence-corrected chi connectivity index (χ0v) is 9.84. The predicted octanol–water partition coefficient (Wildman–Crippen LogP) is -1.70. The smallest absolute Gasteiger partial charge is 0.328 e. The van der Waals surface area contributed by atoms with Gasteiger partial charge in [-0.3, -0.25) is 4.79 Å². The number of ether oxygens (including phenoxy) is 1. The zero-order valence-electron chi connectivity index (χ0n) is 9.84. The van der Waals surface area contributed by atoms with Crippen LogP contribution in [-0.2, 0) is 14.3 Å². The Hall–Kier alpha value is -1.18. The monoisotopic (exact) mass is 246 g/mol. The maximum atomic E-state index is 12.0. The van der Waals surface area contributed by atoms with Gasteiger partial charge in [-0.05, 0) is 13.8 Å². The van der Waals surface area contributed by atoms with Gasteiger partial charge in [0.1, 0.15) is 0 Å². The Balaban J connectivity index is 2.74. The van der Waals surface area contributed by atoms with E-state index in [-0.39, 0.29) is 13.2 Å². The minimum atomic E-state index is -1.34. The van der Waals surface area contributed by atoms with Crippen molar-refractivity contribution in [2.75, 3.05) is 13.2 Å². The van der Waals surface area contributed by atoms with Crippen LogP contribution in [0.15, 0.2) is 0 Å². The van der Waals surface area contributed by atoms with Gasteiger partial charge < -0.3 is 26.0 Å². The number of carbonyl (C=O) groups is 2. The number of carbonyl (C=O) groups excluding carboxylic acids is 1. The predicted molar refractivity (Wildman–Crippen MR) is 58.1 cm³/mol. The van der Waals surface area contributed by atoms with E-state index in [1.807, 2.05) is 0 Å². The first kappa shape index (κ1) is 13.9. The van der Waals surface area contributed by atoms with E-state index in [1.54, 1.807) is 6.92 Å². The molecule has 0 aliphatic carbocycles. The highest BCUT2D eigenvalue weighted by Crippen LogP contribution is 2.27. The molecule has 1 saturated heterocycles. The number of aliphatic hydroxyl groups excluding tert-OH is 1. The van der Waals surface area contributed by atoms with Gasteiger partial charge in [0.25, 0.3) is 0 Å². The van der Waals surface area contributed by atoms with Crippen molar-refractivity contribution >= 4 is 11.9 Å². The molecule has 4 unspecified atom stereocenters. The molecule has 1 amide bonds. The van der Waals surface area contributed by atoms with Gasteiger partial charge in [0, 0.05) is 6.04 Å². The molecule has 1 rings (SSSR count). The molecule has 1 heterocycles. The summed E-state index contributed by atoms with van der Waals surface area (Å²) in [7, 11) is 0.